The van der Waals surface area contributed by atoms with Crippen molar-refractivity contribution in [1.29, 1.82) is 0 Å². The predicted molar refractivity (Wildman–Crippen MR) is 110 cm³/mol. The molecule has 6 nitrogen and oxygen atoms in total. The van der Waals surface area contributed by atoms with Gasteiger partial charge in [-0.05, 0) is 18.1 Å². The Balaban J connectivity index is 2.27. The molecule has 2 aromatic carbocycles. The van der Waals surface area contributed by atoms with Gasteiger partial charge in [-0.25, -0.2) is 4.79 Å². The van der Waals surface area contributed by atoms with E-state index >= 15 is 0 Å². The fourth-order valence-electron chi connectivity index (χ4n) is 3.15. The Labute approximate surface area is 172 Å². The van der Waals surface area contributed by atoms with Gasteiger partial charge >= 0.3 is 11.9 Å². The Kier molecular flexibility index (Phi) is 8.83. The molecule has 0 fully saturated rings. The predicted octanol–water partition coefficient (Wildman–Crippen LogP) is 3.27. The SMILES string of the molecule is COC(=O)[C@@H](OCc1ccccc1)[C@H](N[C@H](C)c1ccccc1)[C@@H](C)C(=O)OC. The maximum atomic E-state index is 12.6. The minimum atomic E-state index is -0.986. The smallest absolute Gasteiger partial charge is 0.336 e. The van der Waals surface area contributed by atoms with E-state index in [1.807, 2.05) is 67.6 Å². The molecular weight excluding hydrogens is 370 g/mol. The second kappa shape index (κ2) is 11.3. The monoisotopic (exact) mass is 399 g/mol. The quantitative estimate of drug-likeness (QED) is 0.618. The summed E-state index contributed by atoms with van der Waals surface area (Å²) < 4.78 is 15.8. The largest absolute Gasteiger partial charge is 0.469 e. The molecule has 0 unspecified atom stereocenters. The van der Waals surface area contributed by atoms with Crippen molar-refractivity contribution in [3.05, 3.63) is 71.8 Å². The molecular formula is C23H29NO5. The summed E-state index contributed by atoms with van der Waals surface area (Å²) in [5.74, 6) is -1.61. The van der Waals surface area contributed by atoms with Gasteiger partial charge in [0.1, 0.15) is 0 Å². The van der Waals surface area contributed by atoms with Crippen LogP contribution in [-0.2, 0) is 30.4 Å². The van der Waals surface area contributed by atoms with Crippen LogP contribution in [0.4, 0.5) is 0 Å². The highest BCUT2D eigenvalue weighted by atomic mass is 16.6. The van der Waals surface area contributed by atoms with Gasteiger partial charge in [0.05, 0.1) is 32.8 Å². The second-order valence-electron chi connectivity index (χ2n) is 6.88. The number of ether oxygens (including phenoxy) is 3. The number of carbonyl (C=O) groups is 2. The van der Waals surface area contributed by atoms with Crippen molar-refractivity contribution < 1.29 is 23.8 Å². The summed E-state index contributed by atoms with van der Waals surface area (Å²) in [5.41, 5.74) is 1.95. The number of esters is 2. The molecule has 1 N–H and O–H groups in total. The molecule has 2 rings (SSSR count). The fourth-order valence-corrected chi connectivity index (χ4v) is 3.15. The molecule has 0 saturated carbocycles. The van der Waals surface area contributed by atoms with Gasteiger partial charge in [0, 0.05) is 6.04 Å². The highest BCUT2D eigenvalue weighted by molar-refractivity contribution is 5.79. The van der Waals surface area contributed by atoms with Crippen molar-refractivity contribution in [3.8, 4) is 0 Å². The van der Waals surface area contributed by atoms with Crippen LogP contribution in [0.3, 0.4) is 0 Å². The summed E-state index contributed by atoms with van der Waals surface area (Å²) in [7, 11) is 2.64. The van der Waals surface area contributed by atoms with E-state index in [-0.39, 0.29) is 12.6 Å². The lowest BCUT2D eigenvalue weighted by molar-refractivity contribution is -0.161. The first-order chi connectivity index (χ1) is 14.0. The first-order valence-electron chi connectivity index (χ1n) is 9.60. The Morgan fingerprint density at radius 3 is 1.97 bits per heavy atom. The third-order valence-electron chi connectivity index (χ3n) is 4.89. The zero-order chi connectivity index (χ0) is 21.2. The van der Waals surface area contributed by atoms with Crippen LogP contribution in [0, 0.1) is 5.92 Å². The summed E-state index contributed by atoms with van der Waals surface area (Å²) >= 11 is 0. The number of hydrogen-bond donors (Lipinski definition) is 1. The Hall–Kier alpha value is -2.70. The van der Waals surface area contributed by atoms with Crippen molar-refractivity contribution >= 4 is 11.9 Å². The lowest BCUT2D eigenvalue weighted by Gasteiger charge is -2.32. The highest BCUT2D eigenvalue weighted by Crippen LogP contribution is 2.21. The molecule has 0 aliphatic heterocycles. The lowest BCUT2D eigenvalue weighted by Crippen LogP contribution is -2.52. The van der Waals surface area contributed by atoms with Crippen LogP contribution in [0.2, 0.25) is 0 Å². The Morgan fingerprint density at radius 2 is 1.41 bits per heavy atom. The van der Waals surface area contributed by atoms with Gasteiger partial charge in [-0.1, -0.05) is 67.6 Å². The van der Waals surface area contributed by atoms with E-state index in [1.54, 1.807) is 6.92 Å². The molecule has 29 heavy (non-hydrogen) atoms. The molecule has 0 aromatic heterocycles. The molecule has 0 aliphatic rings. The van der Waals surface area contributed by atoms with Crippen molar-refractivity contribution in [2.24, 2.45) is 5.92 Å². The zero-order valence-electron chi connectivity index (χ0n) is 17.3. The van der Waals surface area contributed by atoms with E-state index in [2.05, 4.69) is 5.32 Å². The first kappa shape index (κ1) is 22.6. The molecule has 0 radical (unpaired) electrons. The van der Waals surface area contributed by atoms with Crippen LogP contribution in [0.25, 0.3) is 0 Å². The third-order valence-corrected chi connectivity index (χ3v) is 4.89. The van der Waals surface area contributed by atoms with Gasteiger partial charge in [0.2, 0.25) is 0 Å². The standard InChI is InChI=1S/C23H29NO5/c1-16(22(25)27-3)20(24-17(2)19-13-9-6-10-14-19)21(23(26)28-4)29-15-18-11-7-5-8-12-18/h5-14,16-17,20-21,24H,15H2,1-4H3/t16-,17-,20-,21+/m1/s1. The Morgan fingerprint density at radius 1 is 0.862 bits per heavy atom. The van der Waals surface area contributed by atoms with Crippen molar-refractivity contribution in [1.82, 2.24) is 5.32 Å². The van der Waals surface area contributed by atoms with E-state index in [4.69, 9.17) is 14.2 Å². The fraction of sp³-hybridized carbons (Fsp3) is 0.391. The van der Waals surface area contributed by atoms with Crippen LogP contribution in [0.5, 0.6) is 0 Å². The molecule has 156 valence electrons. The van der Waals surface area contributed by atoms with Crippen molar-refractivity contribution in [2.75, 3.05) is 14.2 Å². The van der Waals surface area contributed by atoms with Gasteiger partial charge in [-0.3, -0.25) is 4.79 Å². The summed E-state index contributed by atoms with van der Waals surface area (Å²) in [6.45, 7) is 3.90. The van der Waals surface area contributed by atoms with E-state index in [1.165, 1.54) is 14.2 Å². The normalized spacial score (nSPS) is 15.0. The lowest BCUT2D eigenvalue weighted by atomic mass is 9.94. The maximum absolute atomic E-state index is 12.6. The average Bonchev–Trinajstić information content (AvgIpc) is 2.78. The molecule has 0 bridgehead atoms. The van der Waals surface area contributed by atoms with Gasteiger partial charge < -0.3 is 19.5 Å². The van der Waals surface area contributed by atoms with Crippen LogP contribution in [0.15, 0.2) is 60.7 Å². The van der Waals surface area contributed by atoms with Crippen LogP contribution < -0.4 is 5.32 Å². The van der Waals surface area contributed by atoms with Crippen molar-refractivity contribution in [3.63, 3.8) is 0 Å². The summed E-state index contributed by atoms with van der Waals surface area (Å²) in [6, 6.07) is 18.5. The second-order valence-corrected chi connectivity index (χ2v) is 6.88. The van der Waals surface area contributed by atoms with E-state index < -0.39 is 30.0 Å². The average molecular weight is 399 g/mol. The summed E-state index contributed by atoms with van der Waals surface area (Å²) in [6.07, 6.45) is -0.986. The van der Waals surface area contributed by atoms with Gasteiger partial charge in [-0.2, -0.15) is 0 Å². The summed E-state index contributed by atoms with van der Waals surface area (Å²) in [4.78, 5) is 24.9. The van der Waals surface area contributed by atoms with Gasteiger partial charge in [-0.15, -0.1) is 0 Å². The maximum Gasteiger partial charge on any atom is 0.336 e. The van der Waals surface area contributed by atoms with E-state index in [9.17, 15) is 9.59 Å². The topological polar surface area (TPSA) is 73.9 Å². The number of benzene rings is 2. The Bertz CT molecular complexity index is 765. The molecule has 0 saturated heterocycles. The molecule has 0 aliphatic carbocycles. The first-order valence-corrected chi connectivity index (χ1v) is 9.60. The van der Waals surface area contributed by atoms with Gasteiger partial charge in [0.15, 0.2) is 6.10 Å². The van der Waals surface area contributed by atoms with Crippen molar-refractivity contribution in [2.45, 2.75) is 38.6 Å². The molecule has 2 aromatic rings. The number of rotatable bonds is 10. The number of hydrogen-bond acceptors (Lipinski definition) is 6. The number of nitrogens with one attached hydrogen (secondary N) is 1. The zero-order valence-corrected chi connectivity index (χ0v) is 17.3. The summed E-state index contributed by atoms with van der Waals surface area (Å²) in [5, 5.41) is 3.37. The van der Waals surface area contributed by atoms with Crippen LogP contribution in [-0.4, -0.2) is 38.3 Å². The van der Waals surface area contributed by atoms with E-state index in [0.717, 1.165) is 11.1 Å². The molecule has 0 amide bonds. The van der Waals surface area contributed by atoms with Crippen LogP contribution >= 0.6 is 0 Å². The molecule has 6 heteroatoms. The minimum absolute atomic E-state index is 0.124. The van der Waals surface area contributed by atoms with Crippen LogP contribution in [0.1, 0.15) is 31.0 Å². The molecule has 4 atom stereocenters. The van der Waals surface area contributed by atoms with E-state index in [0.29, 0.717) is 0 Å². The molecule has 0 heterocycles. The number of carbonyl (C=O) groups excluding carboxylic acids is 2. The van der Waals surface area contributed by atoms with Gasteiger partial charge in [0.25, 0.3) is 0 Å². The number of methoxy groups -OCH3 is 2. The third kappa shape index (κ3) is 6.41. The molecule has 0 spiro atoms. The minimum Gasteiger partial charge on any atom is -0.469 e. The highest BCUT2D eigenvalue weighted by Gasteiger charge is 2.38.